The van der Waals surface area contributed by atoms with Crippen LogP contribution < -0.4 is 16.4 Å². The number of rotatable bonds is 13. The van der Waals surface area contributed by atoms with Gasteiger partial charge in [0.2, 0.25) is 11.8 Å². The molecular weight excluding hydrogens is 586 g/mol. The second-order valence-corrected chi connectivity index (χ2v) is 12.6. The Morgan fingerprint density at radius 3 is 2.42 bits per heavy atom. The van der Waals surface area contributed by atoms with E-state index in [1.807, 2.05) is 30.3 Å². The normalized spacial score (nSPS) is 18.2. The maximum absolute atomic E-state index is 13.6. The van der Waals surface area contributed by atoms with Crippen LogP contribution in [-0.2, 0) is 31.3 Å². The van der Waals surface area contributed by atoms with Gasteiger partial charge in [-0.3, -0.25) is 14.5 Å². The Labute approximate surface area is 262 Å². The first-order valence-corrected chi connectivity index (χ1v) is 14.9. The van der Waals surface area contributed by atoms with Crippen molar-refractivity contribution in [3.63, 3.8) is 0 Å². The van der Waals surface area contributed by atoms with E-state index in [9.17, 15) is 29.4 Å². The van der Waals surface area contributed by atoms with Crippen molar-refractivity contribution in [1.29, 1.82) is 0 Å². The largest absolute Gasteiger partial charge is 0.445 e. The van der Waals surface area contributed by atoms with E-state index >= 15 is 0 Å². The first-order chi connectivity index (χ1) is 21.1. The monoisotopic (exact) mass is 631 g/mol. The topological polar surface area (TPSA) is 211 Å². The zero-order valence-electron chi connectivity index (χ0n) is 26.4. The Morgan fingerprint density at radius 2 is 1.80 bits per heavy atom. The molecule has 1 aromatic heterocycles. The lowest BCUT2D eigenvalue weighted by molar-refractivity contribution is -0.131. The smallest absolute Gasteiger partial charge is 0.411 e. The number of alkyl carbamates (subject to hydrolysis) is 1. The van der Waals surface area contributed by atoms with Gasteiger partial charge in [0, 0.05) is 19.5 Å². The summed E-state index contributed by atoms with van der Waals surface area (Å²) in [6.45, 7) is 8.69. The second kappa shape index (κ2) is 15.2. The average Bonchev–Trinajstić information content (AvgIpc) is 3.62. The molecule has 1 fully saturated rings. The number of ether oxygens (including phenoxy) is 2. The predicted octanol–water partition coefficient (Wildman–Crippen LogP) is 1.48. The van der Waals surface area contributed by atoms with E-state index in [2.05, 4.69) is 20.9 Å². The fraction of sp³-hybridized carbons (Fsp3) is 0.600. The molecule has 2 aromatic rings. The third kappa shape index (κ3) is 10.4. The molecule has 15 nitrogen and oxygen atoms in total. The number of hydrogen-bond donors (Lipinski definition) is 5. The number of unbranched alkanes of at least 4 members (excludes halogenated alkanes) is 1. The maximum atomic E-state index is 13.6. The number of benzene rings is 1. The SMILES string of the molecule is CC(C)(C)OC(=O)N1C[C@@H](n2nncc2C(C)(C)O)C[C@H]1C(=O)NC(CCCCNC(=O)OCc1ccccc1)C(O)C(N)=O. The summed E-state index contributed by atoms with van der Waals surface area (Å²) in [7, 11) is 0. The van der Waals surface area contributed by atoms with Gasteiger partial charge in [-0.15, -0.1) is 5.10 Å². The highest BCUT2D eigenvalue weighted by Crippen LogP contribution is 2.32. The number of carbonyl (C=O) groups excluding carboxylic acids is 4. The van der Waals surface area contributed by atoms with E-state index < -0.39 is 59.4 Å². The van der Waals surface area contributed by atoms with E-state index in [1.54, 1.807) is 34.6 Å². The molecule has 3 rings (SSSR count). The van der Waals surface area contributed by atoms with Crippen LogP contribution in [0.1, 0.15) is 77.6 Å². The lowest BCUT2D eigenvalue weighted by Crippen LogP contribution is -2.54. The van der Waals surface area contributed by atoms with E-state index in [1.165, 1.54) is 15.8 Å². The first-order valence-electron chi connectivity index (χ1n) is 14.9. The molecule has 4 amide bonds. The van der Waals surface area contributed by atoms with Gasteiger partial charge in [0.25, 0.3) is 0 Å². The summed E-state index contributed by atoms with van der Waals surface area (Å²) < 4.78 is 12.2. The molecule has 1 saturated heterocycles. The van der Waals surface area contributed by atoms with Crippen molar-refractivity contribution in [1.82, 2.24) is 30.5 Å². The van der Waals surface area contributed by atoms with E-state index in [0.717, 1.165) is 5.56 Å². The highest BCUT2D eigenvalue weighted by Gasteiger charge is 2.44. The summed E-state index contributed by atoms with van der Waals surface area (Å²) in [4.78, 5) is 52.0. The molecule has 0 aliphatic carbocycles. The molecule has 15 heteroatoms. The number of aliphatic hydroxyl groups is 2. The summed E-state index contributed by atoms with van der Waals surface area (Å²) in [5.41, 5.74) is 4.49. The standard InChI is InChI=1S/C30H45N7O8/c1-29(2,3)45-28(42)36-17-20(37-23(16-33-35-37)30(4,5)43)15-22(36)26(40)34-21(24(38)25(31)39)13-9-10-14-32-27(41)44-18-19-11-7-6-8-12-19/h6-8,11-12,16,20-22,24,38,43H,9-10,13-15,17-18H2,1-5H3,(H2,31,39)(H,32,41)(H,34,40)/t20-,21?,22-,24?/m0/s1. The summed E-state index contributed by atoms with van der Waals surface area (Å²) in [6.07, 6.45) is -0.460. The maximum Gasteiger partial charge on any atom is 0.411 e. The van der Waals surface area contributed by atoms with Crippen LogP contribution in [-0.4, -0.2) is 91.0 Å². The number of hydrogen-bond acceptors (Lipinski definition) is 10. The molecule has 0 bridgehead atoms. The number of aliphatic hydroxyl groups excluding tert-OH is 1. The van der Waals surface area contributed by atoms with Crippen molar-refractivity contribution in [3.05, 3.63) is 47.8 Å². The van der Waals surface area contributed by atoms with Crippen LogP contribution in [0.25, 0.3) is 0 Å². The van der Waals surface area contributed by atoms with Gasteiger partial charge in [-0.1, -0.05) is 35.5 Å². The van der Waals surface area contributed by atoms with Gasteiger partial charge < -0.3 is 36.1 Å². The number of carbonyl (C=O) groups is 4. The molecule has 1 aliphatic heterocycles. The Morgan fingerprint density at radius 1 is 1.11 bits per heavy atom. The van der Waals surface area contributed by atoms with Crippen LogP contribution in [0.3, 0.4) is 0 Å². The second-order valence-electron chi connectivity index (χ2n) is 12.6. The fourth-order valence-electron chi connectivity index (χ4n) is 4.95. The lowest BCUT2D eigenvalue weighted by atomic mass is 10.0. The van der Waals surface area contributed by atoms with Gasteiger partial charge in [0.1, 0.15) is 23.9 Å². The van der Waals surface area contributed by atoms with Gasteiger partial charge in [-0.25, -0.2) is 14.3 Å². The predicted molar refractivity (Wildman–Crippen MR) is 161 cm³/mol. The van der Waals surface area contributed by atoms with Gasteiger partial charge in [0.15, 0.2) is 6.10 Å². The molecule has 248 valence electrons. The van der Waals surface area contributed by atoms with Crippen LogP contribution in [0.4, 0.5) is 9.59 Å². The molecule has 1 aromatic carbocycles. The Balaban J connectivity index is 1.64. The molecule has 2 unspecified atom stereocenters. The molecule has 0 spiro atoms. The van der Waals surface area contributed by atoms with Crippen LogP contribution >= 0.6 is 0 Å². The number of nitrogens with two attached hydrogens (primary N) is 1. The van der Waals surface area contributed by atoms with E-state index in [0.29, 0.717) is 18.5 Å². The third-order valence-electron chi connectivity index (χ3n) is 7.18. The van der Waals surface area contributed by atoms with Crippen LogP contribution in [0, 0.1) is 0 Å². The van der Waals surface area contributed by atoms with Crippen LogP contribution in [0.15, 0.2) is 36.5 Å². The zero-order chi connectivity index (χ0) is 33.4. The zero-order valence-corrected chi connectivity index (χ0v) is 26.4. The summed E-state index contributed by atoms with van der Waals surface area (Å²) in [5.74, 6) is -1.64. The van der Waals surface area contributed by atoms with E-state index in [4.69, 9.17) is 15.2 Å². The molecule has 1 aliphatic rings. The quantitative estimate of drug-likeness (QED) is 0.201. The van der Waals surface area contributed by atoms with Crippen molar-refractivity contribution in [2.45, 2.75) is 102 Å². The number of aromatic nitrogens is 3. The number of nitrogens with zero attached hydrogens (tertiary/aromatic N) is 4. The minimum Gasteiger partial charge on any atom is -0.445 e. The summed E-state index contributed by atoms with van der Waals surface area (Å²) in [6, 6.07) is 6.60. The third-order valence-corrected chi connectivity index (χ3v) is 7.18. The van der Waals surface area contributed by atoms with Crippen LogP contribution in [0.2, 0.25) is 0 Å². The minimum absolute atomic E-state index is 0.0362. The summed E-state index contributed by atoms with van der Waals surface area (Å²) in [5, 5.41) is 34.4. The van der Waals surface area contributed by atoms with Gasteiger partial charge >= 0.3 is 12.2 Å². The fourth-order valence-corrected chi connectivity index (χ4v) is 4.95. The highest BCUT2D eigenvalue weighted by atomic mass is 16.6. The molecule has 6 N–H and O–H groups in total. The number of nitrogens with one attached hydrogen (secondary N) is 2. The number of amides is 4. The van der Waals surface area contributed by atoms with Crippen molar-refractivity contribution < 1.29 is 38.9 Å². The molecular formula is C30H45N7O8. The van der Waals surface area contributed by atoms with Crippen molar-refractivity contribution in [3.8, 4) is 0 Å². The molecule has 4 atom stereocenters. The Bertz CT molecular complexity index is 1310. The highest BCUT2D eigenvalue weighted by molar-refractivity contribution is 5.88. The first kappa shape index (κ1) is 35.2. The number of primary amides is 1. The van der Waals surface area contributed by atoms with Crippen molar-refractivity contribution in [2.24, 2.45) is 5.73 Å². The van der Waals surface area contributed by atoms with Gasteiger partial charge in [-0.2, -0.15) is 0 Å². The average molecular weight is 632 g/mol. The lowest BCUT2D eigenvalue weighted by Gasteiger charge is -2.29. The molecule has 0 radical (unpaired) electrons. The van der Waals surface area contributed by atoms with E-state index in [-0.39, 0.29) is 32.5 Å². The summed E-state index contributed by atoms with van der Waals surface area (Å²) >= 11 is 0. The molecule has 0 saturated carbocycles. The Kier molecular flexibility index (Phi) is 11.9. The minimum atomic E-state index is -1.69. The van der Waals surface area contributed by atoms with Crippen LogP contribution in [0.5, 0.6) is 0 Å². The van der Waals surface area contributed by atoms with Crippen molar-refractivity contribution >= 4 is 24.0 Å². The molecule has 2 heterocycles. The van der Waals surface area contributed by atoms with Gasteiger partial charge in [-0.05, 0) is 59.4 Å². The molecule has 45 heavy (non-hydrogen) atoms. The van der Waals surface area contributed by atoms with Gasteiger partial charge in [0.05, 0.1) is 24.0 Å². The van der Waals surface area contributed by atoms with Crippen molar-refractivity contribution in [2.75, 3.05) is 13.1 Å². The Hall–Kier alpha value is -4.24. The number of likely N-dealkylation sites (tertiary alicyclic amines) is 1.